The van der Waals surface area contributed by atoms with Gasteiger partial charge in [0.25, 0.3) is 0 Å². The third-order valence-corrected chi connectivity index (χ3v) is 6.02. The highest BCUT2D eigenvalue weighted by Gasteiger charge is 2.31. The molecule has 0 saturated carbocycles. The largest absolute Gasteiger partial charge is 0.351 e. The first-order valence-electron chi connectivity index (χ1n) is 8.34. The molecule has 1 aromatic rings. The zero-order valence-electron chi connectivity index (χ0n) is 15.1. The highest BCUT2D eigenvalue weighted by molar-refractivity contribution is 7.92. The minimum atomic E-state index is -3.65. The molecule has 1 aliphatic heterocycles. The van der Waals surface area contributed by atoms with Gasteiger partial charge in [0.2, 0.25) is 15.9 Å². The molecule has 1 fully saturated rings. The fourth-order valence-corrected chi connectivity index (χ4v) is 4.47. The van der Waals surface area contributed by atoms with Crippen LogP contribution in [-0.2, 0) is 14.8 Å². The van der Waals surface area contributed by atoms with Crippen molar-refractivity contribution in [2.75, 3.05) is 30.7 Å². The van der Waals surface area contributed by atoms with Crippen molar-refractivity contribution >= 4 is 33.2 Å². The third-order valence-electron chi connectivity index (χ3n) is 4.56. The number of halogens is 1. The Bertz CT molecular complexity index is 731. The van der Waals surface area contributed by atoms with Crippen LogP contribution >= 0.6 is 11.6 Å². The molecule has 25 heavy (non-hydrogen) atoms. The van der Waals surface area contributed by atoms with E-state index in [9.17, 15) is 13.2 Å². The van der Waals surface area contributed by atoms with Gasteiger partial charge >= 0.3 is 0 Å². The number of rotatable bonds is 5. The fraction of sp³-hybridized carbons (Fsp3) is 0.588. The molecular formula is C17H26ClN3O3S. The SMILES string of the molecule is Cc1ccc(Cl)cc1N([C@@H](C)C(=O)NC1CCN(C)CC1)S(C)(=O)=O. The van der Waals surface area contributed by atoms with Crippen molar-refractivity contribution < 1.29 is 13.2 Å². The molecule has 0 bridgehead atoms. The van der Waals surface area contributed by atoms with Crippen molar-refractivity contribution in [3.63, 3.8) is 0 Å². The van der Waals surface area contributed by atoms with Crippen LogP contribution in [0.5, 0.6) is 0 Å². The Morgan fingerprint density at radius 2 is 1.96 bits per heavy atom. The van der Waals surface area contributed by atoms with E-state index >= 15 is 0 Å². The number of amides is 1. The number of hydrogen-bond acceptors (Lipinski definition) is 4. The fourth-order valence-electron chi connectivity index (χ4n) is 3.08. The van der Waals surface area contributed by atoms with Gasteiger partial charge in [-0.25, -0.2) is 8.42 Å². The molecule has 8 heteroatoms. The summed E-state index contributed by atoms with van der Waals surface area (Å²) in [6.07, 6.45) is 2.83. The number of aryl methyl sites for hydroxylation is 1. The van der Waals surface area contributed by atoms with Crippen molar-refractivity contribution in [3.05, 3.63) is 28.8 Å². The molecule has 6 nitrogen and oxygen atoms in total. The molecule has 1 N–H and O–H groups in total. The second-order valence-corrected chi connectivity index (χ2v) is 9.05. The molecule has 140 valence electrons. The first-order chi connectivity index (χ1) is 11.6. The Labute approximate surface area is 155 Å². The Balaban J connectivity index is 2.23. The molecule has 2 rings (SSSR count). The Morgan fingerprint density at radius 3 is 2.52 bits per heavy atom. The van der Waals surface area contributed by atoms with Gasteiger partial charge in [0.15, 0.2) is 0 Å². The molecular weight excluding hydrogens is 362 g/mol. The first-order valence-corrected chi connectivity index (χ1v) is 10.6. The van der Waals surface area contributed by atoms with Crippen LogP contribution in [0.15, 0.2) is 18.2 Å². The standard InChI is InChI=1S/C17H26ClN3O3S/c1-12-5-6-14(18)11-16(12)21(25(4,23)24)13(2)17(22)19-15-7-9-20(3)10-8-15/h5-6,11,13,15H,7-10H2,1-4H3,(H,19,22)/t13-/m0/s1. The predicted molar refractivity (Wildman–Crippen MR) is 102 cm³/mol. The molecule has 0 aliphatic carbocycles. The lowest BCUT2D eigenvalue weighted by Gasteiger charge is -2.33. The molecule has 1 amide bonds. The summed E-state index contributed by atoms with van der Waals surface area (Å²) in [5.41, 5.74) is 1.18. The van der Waals surface area contributed by atoms with E-state index in [0.717, 1.165) is 42.1 Å². The number of benzene rings is 1. The summed E-state index contributed by atoms with van der Waals surface area (Å²) in [6, 6.07) is 4.25. The van der Waals surface area contributed by atoms with Gasteiger partial charge in [-0.05, 0) is 64.5 Å². The van der Waals surface area contributed by atoms with Crippen LogP contribution in [0.2, 0.25) is 5.02 Å². The number of carbonyl (C=O) groups is 1. The van der Waals surface area contributed by atoms with Gasteiger partial charge in [0.1, 0.15) is 6.04 Å². The van der Waals surface area contributed by atoms with Crippen LogP contribution in [0.1, 0.15) is 25.3 Å². The molecule has 1 saturated heterocycles. The van der Waals surface area contributed by atoms with E-state index in [2.05, 4.69) is 10.2 Å². The monoisotopic (exact) mass is 387 g/mol. The van der Waals surface area contributed by atoms with Crippen molar-refractivity contribution in [3.8, 4) is 0 Å². The minimum Gasteiger partial charge on any atom is -0.351 e. The maximum Gasteiger partial charge on any atom is 0.243 e. The second kappa shape index (κ2) is 7.93. The average molecular weight is 388 g/mol. The highest BCUT2D eigenvalue weighted by atomic mass is 35.5. The molecule has 1 heterocycles. The van der Waals surface area contributed by atoms with E-state index in [1.54, 1.807) is 32.0 Å². The van der Waals surface area contributed by atoms with Crippen molar-refractivity contribution in [2.45, 2.75) is 38.8 Å². The third kappa shape index (κ3) is 5.09. The van der Waals surface area contributed by atoms with Gasteiger partial charge in [-0.15, -0.1) is 0 Å². The highest BCUT2D eigenvalue weighted by Crippen LogP contribution is 2.28. The van der Waals surface area contributed by atoms with E-state index < -0.39 is 16.1 Å². The summed E-state index contributed by atoms with van der Waals surface area (Å²) in [5, 5.41) is 3.42. The van der Waals surface area contributed by atoms with E-state index in [4.69, 9.17) is 11.6 Å². The van der Waals surface area contributed by atoms with Crippen LogP contribution in [0.4, 0.5) is 5.69 Å². The molecule has 1 aliphatic rings. The van der Waals surface area contributed by atoms with E-state index in [0.29, 0.717) is 10.7 Å². The lowest BCUT2D eigenvalue weighted by Crippen LogP contribution is -2.52. The zero-order valence-corrected chi connectivity index (χ0v) is 16.7. The van der Waals surface area contributed by atoms with Crippen molar-refractivity contribution in [2.24, 2.45) is 0 Å². The minimum absolute atomic E-state index is 0.0769. The van der Waals surface area contributed by atoms with Crippen molar-refractivity contribution in [1.82, 2.24) is 10.2 Å². The van der Waals surface area contributed by atoms with Crippen LogP contribution in [0.25, 0.3) is 0 Å². The summed E-state index contributed by atoms with van der Waals surface area (Å²) in [7, 11) is -1.60. The van der Waals surface area contributed by atoms with Crippen molar-refractivity contribution in [1.29, 1.82) is 0 Å². The van der Waals surface area contributed by atoms with Gasteiger partial charge in [0, 0.05) is 11.1 Å². The summed E-state index contributed by atoms with van der Waals surface area (Å²) >= 11 is 6.04. The molecule has 1 atom stereocenters. The van der Waals surface area contributed by atoms with Gasteiger partial charge < -0.3 is 10.2 Å². The second-order valence-electron chi connectivity index (χ2n) is 6.75. The smallest absolute Gasteiger partial charge is 0.243 e. The van der Waals surface area contributed by atoms with Gasteiger partial charge in [0.05, 0.1) is 11.9 Å². The molecule has 1 aromatic carbocycles. The number of piperidine rings is 1. The van der Waals surface area contributed by atoms with Gasteiger partial charge in [-0.2, -0.15) is 0 Å². The lowest BCUT2D eigenvalue weighted by atomic mass is 10.1. The molecule has 0 radical (unpaired) electrons. The number of sulfonamides is 1. The average Bonchev–Trinajstić information content (AvgIpc) is 2.51. The van der Waals surface area contributed by atoms with E-state index in [-0.39, 0.29) is 11.9 Å². The zero-order chi connectivity index (χ0) is 18.8. The summed E-state index contributed by atoms with van der Waals surface area (Å²) < 4.78 is 25.9. The lowest BCUT2D eigenvalue weighted by molar-refractivity contribution is -0.122. The predicted octanol–water partition coefficient (Wildman–Crippen LogP) is 2.01. The first kappa shape index (κ1) is 20.0. The van der Waals surface area contributed by atoms with Gasteiger partial charge in [-0.1, -0.05) is 17.7 Å². The summed E-state index contributed by atoms with van der Waals surface area (Å²) in [6.45, 7) is 5.24. The number of hydrogen-bond donors (Lipinski definition) is 1. The maximum absolute atomic E-state index is 12.7. The Hall–Kier alpha value is -1.31. The van der Waals surface area contributed by atoms with Crippen LogP contribution in [-0.4, -0.2) is 57.7 Å². The maximum atomic E-state index is 12.7. The number of anilines is 1. The Kier molecular flexibility index (Phi) is 6.35. The van der Waals surface area contributed by atoms with Gasteiger partial charge in [-0.3, -0.25) is 9.10 Å². The number of nitrogens with zero attached hydrogens (tertiary/aromatic N) is 2. The van der Waals surface area contributed by atoms with Crippen LogP contribution < -0.4 is 9.62 Å². The topological polar surface area (TPSA) is 69.7 Å². The number of nitrogens with one attached hydrogen (secondary N) is 1. The number of likely N-dealkylation sites (tertiary alicyclic amines) is 1. The quantitative estimate of drug-likeness (QED) is 0.839. The van der Waals surface area contributed by atoms with Crippen LogP contribution in [0, 0.1) is 6.92 Å². The van der Waals surface area contributed by atoms with Crippen LogP contribution in [0.3, 0.4) is 0 Å². The summed E-state index contributed by atoms with van der Waals surface area (Å²) in [4.78, 5) is 14.9. The normalized spacial score (nSPS) is 18.0. The van der Waals surface area contributed by atoms with E-state index in [1.807, 2.05) is 7.05 Å². The Morgan fingerprint density at radius 1 is 1.36 bits per heavy atom. The number of carbonyl (C=O) groups excluding carboxylic acids is 1. The molecule has 0 unspecified atom stereocenters. The molecule has 0 aromatic heterocycles. The van der Waals surface area contributed by atoms with E-state index in [1.165, 1.54) is 0 Å². The molecule has 0 spiro atoms. The summed E-state index contributed by atoms with van der Waals surface area (Å²) in [5.74, 6) is -0.292.